The molecule has 1 unspecified atom stereocenters. The number of ether oxygens (including phenoxy) is 1. The van der Waals surface area contributed by atoms with Gasteiger partial charge in [0.2, 0.25) is 5.91 Å². The molecule has 1 saturated heterocycles. The van der Waals surface area contributed by atoms with Gasteiger partial charge in [0.05, 0.1) is 13.2 Å². The first-order chi connectivity index (χ1) is 9.47. The highest BCUT2D eigenvalue weighted by Gasteiger charge is 2.34. The summed E-state index contributed by atoms with van der Waals surface area (Å²) in [5.74, 6) is -1.37. The average Bonchev–Trinajstić information content (AvgIpc) is 2.44. The Morgan fingerprint density at radius 1 is 1.45 bits per heavy atom. The number of urea groups is 1. The molecule has 3 amide bonds. The number of aliphatic carboxylic acids is 1. The third kappa shape index (κ3) is 4.37. The van der Waals surface area contributed by atoms with Crippen LogP contribution in [0.25, 0.3) is 0 Å². The number of carbonyl (C=O) groups excluding carboxylic acids is 2. The molecule has 0 aromatic heterocycles. The van der Waals surface area contributed by atoms with E-state index in [0.29, 0.717) is 13.2 Å². The van der Waals surface area contributed by atoms with Gasteiger partial charge in [-0.3, -0.25) is 4.79 Å². The fourth-order valence-electron chi connectivity index (χ4n) is 1.86. The van der Waals surface area contributed by atoms with Crippen LogP contribution in [0.2, 0.25) is 0 Å². The molecule has 1 rings (SSSR count). The van der Waals surface area contributed by atoms with Gasteiger partial charge < -0.3 is 25.0 Å². The third-order valence-corrected chi connectivity index (χ3v) is 2.94. The van der Waals surface area contributed by atoms with E-state index in [-0.39, 0.29) is 25.6 Å². The Hall–Kier alpha value is -1.83. The van der Waals surface area contributed by atoms with Crippen molar-refractivity contribution in [2.45, 2.75) is 19.4 Å². The Morgan fingerprint density at radius 3 is 2.75 bits per heavy atom. The smallest absolute Gasteiger partial charge is 0.328 e. The number of nitrogens with one attached hydrogen (secondary N) is 1. The monoisotopic (exact) mass is 287 g/mol. The zero-order chi connectivity index (χ0) is 15.1. The molecule has 1 heterocycles. The van der Waals surface area contributed by atoms with E-state index in [4.69, 9.17) is 9.84 Å². The minimum absolute atomic E-state index is 0.0308. The standard InChI is InChI=1S/C12H21N3O5/c1-3-4-13-10(16)7-14(2)12(19)15-5-6-20-8-9(15)11(17)18/h9H,3-8H2,1-2H3,(H,13,16)(H,17,18). The lowest BCUT2D eigenvalue weighted by Crippen LogP contribution is -2.56. The summed E-state index contributed by atoms with van der Waals surface area (Å²) in [7, 11) is 1.47. The number of nitrogens with zero attached hydrogens (tertiary/aromatic N) is 2. The van der Waals surface area contributed by atoms with Gasteiger partial charge in [0, 0.05) is 20.1 Å². The maximum Gasteiger partial charge on any atom is 0.328 e. The van der Waals surface area contributed by atoms with E-state index in [2.05, 4.69) is 5.32 Å². The Balaban J connectivity index is 2.57. The molecule has 2 N–H and O–H groups in total. The molecule has 8 nitrogen and oxygen atoms in total. The topological polar surface area (TPSA) is 99.2 Å². The van der Waals surface area contributed by atoms with E-state index in [1.807, 2.05) is 6.92 Å². The highest BCUT2D eigenvalue weighted by atomic mass is 16.5. The molecule has 1 atom stereocenters. The number of hydrogen-bond acceptors (Lipinski definition) is 4. The summed E-state index contributed by atoms with van der Waals surface area (Å²) in [6.07, 6.45) is 0.813. The minimum atomic E-state index is -1.11. The van der Waals surface area contributed by atoms with E-state index in [9.17, 15) is 14.4 Å². The number of likely N-dealkylation sites (N-methyl/N-ethyl adjacent to an activating group) is 1. The molecule has 0 aromatic rings. The van der Waals surface area contributed by atoms with E-state index in [1.165, 1.54) is 16.8 Å². The summed E-state index contributed by atoms with van der Waals surface area (Å²) in [5, 5.41) is 11.7. The molecule has 0 aliphatic carbocycles. The lowest BCUT2D eigenvalue weighted by atomic mass is 10.2. The SMILES string of the molecule is CCCNC(=O)CN(C)C(=O)N1CCOCC1C(=O)O. The molecule has 0 spiro atoms. The van der Waals surface area contributed by atoms with Gasteiger partial charge in [0.1, 0.15) is 6.54 Å². The van der Waals surface area contributed by atoms with Gasteiger partial charge in [-0.1, -0.05) is 6.92 Å². The molecule has 114 valence electrons. The van der Waals surface area contributed by atoms with Crippen LogP contribution in [0.5, 0.6) is 0 Å². The number of hydrogen-bond donors (Lipinski definition) is 2. The molecule has 20 heavy (non-hydrogen) atoms. The quantitative estimate of drug-likeness (QED) is 0.700. The van der Waals surface area contributed by atoms with Crippen molar-refractivity contribution in [1.29, 1.82) is 0 Å². The van der Waals surface area contributed by atoms with Gasteiger partial charge >= 0.3 is 12.0 Å². The van der Waals surface area contributed by atoms with Gasteiger partial charge in [0.25, 0.3) is 0 Å². The molecule has 0 aromatic carbocycles. The van der Waals surface area contributed by atoms with Gasteiger partial charge in [-0.15, -0.1) is 0 Å². The van der Waals surface area contributed by atoms with Crippen molar-refractivity contribution in [2.75, 3.05) is 39.9 Å². The van der Waals surface area contributed by atoms with E-state index < -0.39 is 18.0 Å². The van der Waals surface area contributed by atoms with Crippen LogP contribution in [-0.2, 0) is 14.3 Å². The van der Waals surface area contributed by atoms with E-state index in [0.717, 1.165) is 6.42 Å². The van der Waals surface area contributed by atoms with Crippen molar-refractivity contribution in [3.8, 4) is 0 Å². The molecule has 0 radical (unpaired) electrons. The highest BCUT2D eigenvalue weighted by Crippen LogP contribution is 2.10. The molecule has 1 fully saturated rings. The maximum absolute atomic E-state index is 12.2. The van der Waals surface area contributed by atoms with Crippen LogP contribution < -0.4 is 5.32 Å². The van der Waals surface area contributed by atoms with Gasteiger partial charge in [0.15, 0.2) is 6.04 Å². The normalized spacial score (nSPS) is 18.5. The summed E-state index contributed by atoms with van der Waals surface area (Å²) in [5.41, 5.74) is 0. The van der Waals surface area contributed by atoms with E-state index >= 15 is 0 Å². The van der Waals surface area contributed by atoms with Crippen LogP contribution in [0.4, 0.5) is 4.79 Å². The predicted molar refractivity (Wildman–Crippen MR) is 70.3 cm³/mol. The minimum Gasteiger partial charge on any atom is -0.480 e. The van der Waals surface area contributed by atoms with Crippen LogP contribution in [-0.4, -0.2) is 78.8 Å². The maximum atomic E-state index is 12.2. The van der Waals surface area contributed by atoms with E-state index in [1.54, 1.807) is 0 Å². The van der Waals surface area contributed by atoms with Gasteiger partial charge in [-0.2, -0.15) is 0 Å². The zero-order valence-electron chi connectivity index (χ0n) is 11.8. The summed E-state index contributed by atoms with van der Waals surface area (Å²) in [6.45, 7) is 2.86. The molecule has 0 saturated carbocycles. The van der Waals surface area contributed by atoms with Crippen LogP contribution in [0.3, 0.4) is 0 Å². The molecule has 1 aliphatic rings. The largest absolute Gasteiger partial charge is 0.480 e. The number of carboxylic acids is 1. The van der Waals surface area contributed by atoms with Crippen molar-refractivity contribution >= 4 is 17.9 Å². The number of carboxylic acid groups (broad SMARTS) is 1. The van der Waals surface area contributed by atoms with Gasteiger partial charge in [-0.25, -0.2) is 9.59 Å². The zero-order valence-corrected chi connectivity index (χ0v) is 11.8. The fourth-order valence-corrected chi connectivity index (χ4v) is 1.86. The van der Waals surface area contributed by atoms with Crippen LogP contribution >= 0.6 is 0 Å². The number of morpholine rings is 1. The van der Waals surface area contributed by atoms with Crippen molar-refractivity contribution in [3.05, 3.63) is 0 Å². The summed E-state index contributed by atoms with van der Waals surface area (Å²) in [6, 6.07) is -1.48. The number of rotatable bonds is 5. The first-order valence-electron chi connectivity index (χ1n) is 6.56. The molecule has 8 heteroatoms. The van der Waals surface area contributed by atoms with Crippen molar-refractivity contribution in [3.63, 3.8) is 0 Å². The first kappa shape index (κ1) is 16.2. The molecular formula is C12H21N3O5. The lowest BCUT2D eigenvalue weighted by molar-refractivity contribution is -0.147. The van der Waals surface area contributed by atoms with Crippen molar-refractivity contribution < 1.29 is 24.2 Å². The predicted octanol–water partition coefficient (Wildman–Crippen LogP) is -0.650. The average molecular weight is 287 g/mol. The van der Waals surface area contributed by atoms with Crippen LogP contribution in [0.1, 0.15) is 13.3 Å². The second-order valence-corrected chi connectivity index (χ2v) is 4.61. The van der Waals surface area contributed by atoms with Crippen LogP contribution in [0.15, 0.2) is 0 Å². The fraction of sp³-hybridized carbons (Fsp3) is 0.750. The Bertz CT molecular complexity index is 374. The third-order valence-electron chi connectivity index (χ3n) is 2.94. The van der Waals surface area contributed by atoms with Crippen molar-refractivity contribution in [1.82, 2.24) is 15.1 Å². The second-order valence-electron chi connectivity index (χ2n) is 4.61. The Morgan fingerprint density at radius 2 is 2.15 bits per heavy atom. The molecule has 0 bridgehead atoms. The summed E-state index contributed by atoms with van der Waals surface area (Å²) in [4.78, 5) is 37.2. The Labute approximate surface area is 117 Å². The number of amides is 3. The van der Waals surface area contributed by atoms with Gasteiger partial charge in [-0.05, 0) is 6.42 Å². The van der Waals surface area contributed by atoms with Crippen LogP contribution in [0, 0.1) is 0 Å². The summed E-state index contributed by atoms with van der Waals surface area (Å²) < 4.78 is 5.07. The first-order valence-corrected chi connectivity index (χ1v) is 6.56. The summed E-state index contributed by atoms with van der Waals surface area (Å²) >= 11 is 0. The highest BCUT2D eigenvalue weighted by molar-refractivity contribution is 5.86. The molecule has 1 aliphatic heterocycles. The second kappa shape index (κ2) is 7.68. The number of carbonyl (C=O) groups is 3. The Kier molecular flexibility index (Phi) is 6.23. The van der Waals surface area contributed by atoms with Crippen molar-refractivity contribution in [2.24, 2.45) is 0 Å². The molecular weight excluding hydrogens is 266 g/mol. The lowest BCUT2D eigenvalue weighted by Gasteiger charge is -2.35.